The molecule has 0 saturated carbocycles. The normalized spacial score (nSPS) is 11.3. The van der Waals surface area contributed by atoms with Crippen molar-refractivity contribution in [2.45, 2.75) is 6.18 Å². The van der Waals surface area contributed by atoms with E-state index in [-0.39, 0.29) is 11.4 Å². The highest BCUT2D eigenvalue weighted by Gasteiger charge is 2.34. The van der Waals surface area contributed by atoms with Crippen LogP contribution in [0, 0.1) is 11.3 Å². The van der Waals surface area contributed by atoms with Gasteiger partial charge in [-0.3, -0.25) is 4.98 Å². The van der Waals surface area contributed by atoms with Gasteiger partial charge >= 0.3 is 6.18 Å². The summed E-state index contributed by atoms with van der Waals surface area (Å²) >= 11 is 3.36. The van der Waals surface area contributed by atoms with Gasteiger partial charge in [0.1, 0.15) is 5.82 Å². The molecule has 2 heterocycles. The number of nitrogens with zero attached hydrogens (tertiary/aromatic N) is 4. The molecule has 0 aliphatic carbocycles. The van der Waals surface area contributed by atoms with Crippen LogP contribution < -0.4 is 5.32 Å². The van der Waals surface area contributed by atoms with E-state index in [1.54, 1.807) is 12.3 Å². The fraction of sp³-hybridized carbons (Fsp3) is 0.0476. The lowest BCUT2D eigenvalue weighted by Gasteiger charge is -2.12. The van der Waals surface area contributed by atoms with Crippen molar-refractivity contribution in [3.05, 3.63) is 76.5 Å². The van der Waals surface area contributed by atoms with E-state index in [0.29, 0.717) is 10.3 Å². The lowest BCUT2D eigenvalue weighted by atomic mass is 10.0. The number of alkyl halides is 3. The van der Waals surface area contributed by atoms with Crippen LogP contribution in [0.4, 0.5) is 24.7 Å². The number of anilines is 2. The number of fused-ring (bicyclic) bond motifs is 1. The number of aromatic nitrogens is 3. The standard InChI is InChI=1S/C21H11BrF3N5/c22-17-11-28-19(13-3-4-14(10-26)16(9-13)21(23,24)25)30-20(17)29-15-5-6-18-12(8-15)2-1-7-27-18/h1-9,11H,(H,28,29,30). The number of nitriles is 1. The molecule has 2 aromatic heterocycles. The topological polar surface area (TPSA) is 74.5 Å². The molecule has 30 heavy (non-hydrogen) atoms. The van der Waals surface area contributed by atoms with Gasteiger partial charge < -0.3 is 5.32 Å². The zero-order valence-electron chi connectivity index (χ0n) is 15.1. The molecule has 9 heteroatoms. The number of benzene rings is 2. The first-order chi connectivity index (χ1) is 14.3. The van der Waals surface area contributed by atoms with Gasteiger partial charge in [-0.1, -0.05) is 6.07 Å². The van der Waals surface area contributed by atoms with Crippen LogP contribution in [-0.4, -0.2) is 15.0 Å². The van der Waals surface area contributed by atoms with E-state index in [9.17, 15) is 13.2 Å². The molecule has 0 aliphatic heterocycles. The van der Waals surface area contributed by atoms with Gasteiger partial charge in [-0.2, -0.15) is 18.4 Å². The Hall–Kier alpha value is -3.51. The van der Waals surface area contributed by atoms with Crippen LogP contribution >= 0.6 is 15.9 Å². The van der Waals surface area contributed by atoms with Crippen LogP contribution in [0.3, 0.4) is 0 Å². The molecule has 148 valence electrons. The van der Waals surface area contributed by atoms with Crippen molar-refractivity contribution in [1.82, 2.24) is 15.0 Å². The molecule has 4 aromatic rings. The number of halogens is 4. The molecule has 0 aliphatic rings. The summed E-state index contributed by atoms with van der Waals surface area (Å²) in [6.45, 7) is 0. The van der Waals surface area contributed by atoms with Gasteiger partial charge in [0.2, 0.25) is 0 Å². The van der Waals surface area contributed by atoms with Gasteiger partial charge in [-0.05, 0) is 58.4 Å². The summed E-state index contributed by atoms with van der Waals surface area (Å²) in [7, 11) is 0. The van der Waals surface area contributed by atoms with Gasteiger partial charge in [0.25, 0.3) is 0 Å². The number of rotatable bonds is 3. The first-order valence-electron chi connectivity index (χ1n) is 8.61. The molecule has 5 nitrogen and oxygen atoms in total. The minimum absolute atomic E-state index is 0.0955. The van der Waals surface area contributed by atoms with Crippen molar-refractivity contribution in [2.24, 2.45) is 0 Å². The van der Waals surface area contributed by atoms with E-state index in [0.717, 1.165) is 28.7 Å². The summed E-state index contributed by atoms with van der Waals surface area (Å²) in [6, 6.07) is 14.3. The Bertz CT molecular complexity index is 1300. The smallest absolute Gasteiger partial charge is 0.339 e. The molecule has 0 amide bonds. The van der Waals surface area contributed by atoms with Gasteiger partial charge in [-0.15, -0.1) is 0 Å². The summed E-state index contributed by atoms with van der Waals surface area (Å²) in [5, 5.41) is 13.0. The third-order valence-corrected chi connectivity index (χ3v) is 4.89. The van der Waals surface area contributed by atoms with E-state index in [2.05, 4.69) is 36.2 Å². The molecule has 0 fully saturated rings. The second-order valence-electron chi connectivity index (χ2n) is 6.30. The monoisotopic (exact) mass is 469 g/mol. The average Bonchev–Trinajstić information content (AvgIpc) is 2.74. The third-order valence-electron chi connectivity index (χ3n) is 4.31. The quantitative estimate of drug-likeness (QED) is 0.393. The molecule has 0 spiro atoms. The number of pyridine rings is 1. The number of nitrogens with one attached hydrogen (secondary N) is 1. The van der Waals surface area contributed by atoms with Crippen molar-refractivity contribution < 1.29 is 13.2 Å². The Morgan fingerprint density at radius 3 is 2.63 bits per heavy atom. The fourth-order valence-electron chi connectivity index (χ4n) is 2.90. The summed E-state index contributed by atoms with van der Waals surface area (Å²) < 4.78 is 40.4. The second-order valence-corrected chi connectivity index (χ2v) is 7.15. The van der Waals surface area contributed by atoms with E-state index < -0.39 is 17.3 Å². The Morgan fingerprint density at radius 1 is 1.03 bits per heavy atom. The maximum Gasteiger partial charge on any atom is 0.417 e. The Balaban J connectivity index is 1.72. The first kappa shape index (κ1) is 19.8. The highest BCUT2D eigenvalue weighted by atomic mass is 79.9. The molecule has 0 atom stereocenters. The molecule has 0 unspecified atom stereocenters. The van der Waals surface area contributed by atoms with Crippen molar-refractivity contribution in [3.63, 3.8) is 0 Å². The van der Waals surface area contributed by atoms with E-state index in [1.807, 2.05) is 30.3 Å². The van der Waals surface area contributed by atoms with Gasteiger partial charge in [-0.25, -0.2) is 9.97 Å². The SMILES string of the molecule is N#Cc1ccc(-c2ncc(Br)c(Nc3ccc4ncccc4c3)n2)cc1C(F)(F)F. The van der Waals surface area contributed by atoms with E-state index >= 15 is 0 Å². The van der Waals surface area contributed by atoms with Crippen LogP contribution in [0.1, 0.15) is 11.1 Å². The predicted molar refractivity (Wildman–Crippen MR) is 110 cm³/mol. The Morgan fingerprint density at radius 2 is 1.87 bits per heavy atom. The zero-order chi connectivity index (χ0) is 21.3. The van der Waals surface area contributed by atoms with Crippen molar-refractivity contribution in [3.8, 4) is 17.5 Å². The van der Waals surface area contributed by atoms with Crippen molar-refractivity contribution in [2.75, 3.05) is 5.32 Å². The second kappa shape index (κ2) is 7.72. The van der Waals surface area contributed by atoms with Gasteiger partial charge in [0.05, 0.1) is 27.2 Å². The third kappa shape index (κ3) is 3.95. The van der Waals surface area contributed by atoms with Crippen LogP contribution in [-0.2, 0) is 6.18 Å². The van der Waals surface area contributed by atoms with Crippen LogP contribution in [0.5, 0.6) is 0 Å². The highest BCUT2D eigenvalue weighted by molar-refractivity contribution is 9.10. The van der Waals surface area contributed by atoms with E-state index in [1.165, 1.54) is 12.3 Å². The van der Waals surface area contributed by atoms with Crippen LogP contribution in [0.15, 0.2) is 65.4 Å². The Labute approximate surface area is 177 Å². The molecule has 0 radical (unpaired) electrons. The molecule has 4 rings (SSSR count). The minimum Gasteiger partial charge on any atom is -0.339 e. The molecule has 2 aromatic carbocycles. The summed E-state index contributed by atoms with van der Waals surface area (Å²) in [5.41, 5.74) is 0.246. The summed E-state index contributed by atoms with van der Waals surface area (Å²) in [6.07, 6.45) is -1.50. The van der Waals surface area contributed by atoms with Crippen molar-refractivity contribution >= 4 is 38.3 Å². The summed E-state index contributed by atoms with van der Waals surface area (Å²) in [4.78, 5) is 12.7. The van der Waals surface area contributed by atoms with Crippen LogP contribution in [0.25, 0.3) is 22.3 Å². The van der Waals surface area contributed by atoms with Crippen LogP contribution in [0.2, 0.25) is 0 Å². The van der Waals surface area contributed by atoms with Crippen molar-refractivity contribution in [1.29, 1.82) is 5.26 Å². The van der Waals surface area contributed by atoms with Gasteiger partial charge in [0.15, 0.2) is 5.82 Å². The molecular weight excluding hydrogens is 459 g/mol. The summed E-state index contributed by atoms with van der Waals surface area (Å²) in [5.74, 6) is 0.485. The fourth-order valence-corrected chi connectivity index (χ4v) is 3.19. The molecule has 1 N–H and O–H groups in total. The molecular formula is C21H11BrF3N5. The maximum atomic E-state index is 13.3. The lowest BCUT2D eigenvalue weighted by Crippen LogP contribution is -2.08. The Kier molecular flexibility index (Phi) is 5.10. The zero-order valence-corrected chi connectivity index (χ0v) is 16.7. The largest absolute Gasteiger partial charge is 0.417 e. The maximum absolute atomic E-state index is 13.3. The predicted octanol–water partition coefficient (Wildman–Crippen LogP) is 6.09. The lowest BCUT2D eigenvalue weighted by molar-refractivity contribution is -0.137. The molecule has 0 saturated heterocycles. The minimum atomic E-state index is -4.66. The van der Waals surface area contributed by atoms with E-state index in [4.69, 9.17) is 5.26 Å². The van der Waals surface area contributed by atoms with Gasteiger partial charge in [0, 0.05) is 29.0 Å². The number of hydrogen-bond acceptors (Lipinski definition) is 5. The highest BCUT2D eigenvalue weighted by Crippen LogP contribution is 2.35. The molecule has 0 bridgehead atoms. The number of hydrogen-bond donors (Lipinski definition) is 1. The average molecular weight is 470 g/mol. The first-order valence-corrected chi connectivity index (χ1v) is 9.40.